The molecular weight excluding hydrogens is 237 g/mol. The molecule has 0 radical (unpaired) electrons. The Kier molecular flexibility index (Phi) is 3.88. The molecule has 2 heteroatoms. The van der Waals surface area contributed by atoms with Gasteiger partial charge in [-0.25, -0.2) is 4.39 Å². The zero-order valence-electron chi connectivity index (χ0n) is 11.6. The van der Waals surface area contributed by atoms with Crippen molar-refractivity contribution in [2.45, 2.75) is 62.8 Å². The van der Waals surface area contributed by atoms with E-state index in [9.17, 15) is 4.39 Å². The Morgan fingerprint density at radius 1 is 1.05 bits per heavy atom. The number of hydrogen-bond acceptors (Lipinski definition) is 1. The molecule has 0 atom stereocenters. The van der Waals surface area contributed by atoms with E-state index in [1.165, 1.54) is 38.5 Å². The molecule has 3 rings (SSSR count). The van der Waals surface area contributed by atoms with Gasteiger partial charge in [0.2, 0.25) is 0 Å². The summed E-state index contributed by atoms with van der Waals surface area (Å²) < 4.78 is 14.3. The van der Waals surface area contributed by atoms with Crippen LogP contribution in [0.5, 0.6) is 0 Å². The largest absolute Gasteiger partial charge is 0.313 e. The average molecular weight is 261 g/mol. The highest BCUT2D eigenvalue weighted by atomic mass is 19.1. The van der Waals surface area contributed by atoms with Crippen molar-refractivity contribution < 1.29 is 4.39 Å². The van der Waals surface area contributed by atoms with Crippen LogP contribution in [0.3, 0.4) is 0 Å². The number of halogens is 1. The zero-order chi connectivity index (χ0) is 13.1. The molecule has 0 heterocycles. The van der Waals surface area contributed by atoms with Crippen LogP contribution in [0, 0.1) is 5.82 Å². The van der Waals surface area contributed by atoms with Crippen molar-refractivity contribution in [3.05, 3.63) is 35.6 Å². The lowest BCUT2D eigenvalue weighted by Crippen LogP contribution is -2.39. The molecule has 1 nitrogen and oxygen atoms in total. The summed E-state index contributed by atoms with van der Waals surface area (Å²) in [5, 5.41) is 3.65. The quantitative estimate of drug-likeness (QED) is 0.802. The summed E-state index contributed by atoms with van der Waals surface area (Å²) >= 11 is 0. The van der Waals surface area contributed by atoms with E-state index in [1.54, 1.807) is 12.1 Å². The van der Waals surface area contributed by atoms with Crippen LogP contribution in [0.4, 0.5) is 4.39 Å². The van der Waals surface area contributed by atoms with Crippen molar-refractivity contribution in [3.8, 4) is 0 Å². The van der Waals surface area contributed by atoms with Gasteiger partial charge in [0.05, 0.1) is 0 Å². The second-order valence-corrected chi connectivity index (χ2v) is 6.33. The van der Waals surface area contributed by atoms with E-state index in [1.807, 2.05) is 12.1 Å². The van der Waals surface area contributed by atoms with Gasteiger partial charge in [-0.3, -0.25) is 0 Å². The van der Waals surface area contributed by atoms with E-state index in [0.29, 0.717) is 6.04 Å². The number of rotatable bonds is 4. The standard InChI is InChI=1S/C17H24FN/c18-16-8-4-3-7-15(16)17(13-19-14-9-10-14)11-5-1-2-6-12-17/h3-4,7-8,14,19H,1-2,5-6,9-13H2. The number of benzene rings is 1. The maximum absolute atomic E-state index is 14.3. The highest BCUT2D eigenvalue weighted by molar-refractivity contribution is 5.28. The summed E-state index contributed by atoms with van der Waals surface area (Å²) in [6, 6.07) is 8.13. The van der Waals surface area contributed by atoms with Gasteiger partial charge < -0.3 is 5.32 Å². The summed E-state index contributed by atoms with van der Waals surface area (Å²) in [6.45, 7) is 0.957. The topological polar surface area (TPSA) is 12.0 Å². The molecule has 0 spiro atoms. The monoisotopic (exact) mass is 261 g/mol. The molecule has 0 aliphatic heterocycles. The van der Waals surface area contributed by atoms with Crippen LogP contribution < -0.4 is 5.32 Å². The van der Waals surface area contributed by atoms with E-state index in [-0.39, 0.29) is 11.2 Å². The molecule has 0 amide bonds. The lowest BCUT2D eigenvalue weighted by atomic mass is 9.74. The summed E-state index contributed by atoms with van der Waals surface area (Å²) in [7, 11) is 0. The molecule has 1 aromatic rings. The van der Waals surface area contributed by atoms with Gasteiger partial charge in [0.25, 0.3) is 0 Å². The normalized spacial score (nSPS) is 23.0. The summed E-state index contributed by atoms with van der Waals surface area (Å²) in [5.74, 6) is -0.0120. The smallest absolute Gasteiger partial charge is 0.127 e. The minimum Gasteiger partial charge on any atom is -0.313 e. The Morgan fingerprint density at radius 3 is 2.37 bits per heavy atom. The average Bonchev–Trinajstić information content (AvgIpc) is 3.25. The van der Waals surface area contributed by atoms with Crippen molar-refractivity contribution in [1.29, 1.82) is 0 Å². The van der Waals surface area contributed by atoms with Crippen LogP contribution in [-0.2, 0) is 5.41 Å². The van der Waals surface area contributed by atoms with Gasteiger partial charge in [0.1, 0.15) is 5.82 Å². The third-order valence-corrected chi connectivity index (χ3v) is 4.81. The fourth-order valence-electron chi connectivity index (χ4n) is 3.47. The Balaban J connectivity index is 1.86. The molecule has 0 unspecified atom stereocenters. The van der Waals surface area contributed by atoms with E-state index < -0.39 is 0 Å². The Labute approximate surface area is 115 Å². The predicted octanol–water partition coefficient (Wildman–Crippen LogP) is 4.17. The summed E-state index contributed by atoms with van der Waals surface area (Å²) in [6.07, 6.45) is 9.95. The second kappa shape index (κ2) is 5.62. The highest BCUT2D eigenvalue weighted by Gasteiger charge is 2.36. The molecule has 2 fully saturated rings. The lowest BCUT2D eigenvalue weighted by molar-refractivity contribution is 0.333. The molecule has 2 saturated carbocycles. The van der Waals surface area contributed by atoms with Crippen molar-refractivity contribution in [1.82, 2.24) is 5.32 Å². The molecule has 19 heavy (non-hydrogen) atoms. The van der Waals surface area contributed by atoms with Crippen LogP contribution in [0.1, 0.15) is 56.9 Å². The third-order valence-electron chi connectivity index (χ3n) is 4.81. The first-order valence-electron chi connectivity index (χ1n) is 7.79. The van der Waals surface area contributed by atoms with Gasteiger partial charge >= 0.3 is 0 Å². The molecule has 2 aliphatic carbocycles. The van der Waals surface area contributed by atoms with Crippen molar-refractivity contribution in [2.24, 2.45) is 0 Å². The molecule has 1 aromatic carbocycles. The van der Waals surface area contributed by atoms with Gasteiger partial charge in [0, 0.05) is 18.0 Å². The zero-order valence-corrected chi connectivity index (χ0v) is 11.6. The van der Waals surface area contributed by atoms with Crippen molar-refractivity contribution in [3.63, 3.8) is 0 Å². The van der Waals surface area contributed by atoms with Crippen LogP contribution >= 0.6 is 0 Å². The van der Waals surface area contributed by atoms with Crippen LogP contribution in [-0.4, -0.2) is 12.6 Å². The van der Waals surface area contributed by atoms with Crippen LogP contribution in [0.2, 0.25) is 0 Å². The first-order chi connectivity index (χ1) is 9.30. The second-order valence-electron chi connectivity index (χ2n) is 6.33. The van der Waals surface area contributed by atoms with Gasteiger partial charge in [-0.15, -0.1) is 0 Å². The molecular formula is C17H24FN. The molecule has 2 aliphatic rings. The van der Waals surface area contributed by atoms with E-state index in [4.69, 9.17) is 0 Å². The summed E-state index contributed by atoms with van der Waals surface area (Å²) in [5.41, 5.74) is 0.981. The molecule has 0 saturated heterocycles. The Bertz CT molecular complexity index is 417. The Hall–Kier alpha value is -0.890. The molecule has 104 valence electrons. The number of hydrogen-bond donors (Lipinski definition) is 1. The first-order valence-corrected chi connectivity index (χ1v) is 7.79. The van der Waals surface area contributed by atoms with Gasteiger partial charge in [0.15, 0.2) is 0 Å². The van der Waals surface area contributed by atoms with Gasteiger partial charge in [-0.1, -0.05) is 43.9 Å². The van der Waals surface area contributed by atoms with Gasteiger partial charge in [-0.05, 0) is 37.3 Å². The van der Waals surface area contributed by atoms with E-state index >= 15 is 0 Å². The Morgan fingerprint density at radius 2 is 1.74 bits per heavy atom. The minimum atomic E-state index is -0.0120. The SMILES string of the molecule is Fc1ccccc1C1(CNC2CC2)CCCCCC1. The van der Waals surface area contributed by atoms with E-state index in [0.717, 1.165) is 24.9 Å². The predicted molar refractivity (Wildman–Crippen MR) is 76.8 cm³/mol. The molecule has 0 aromatic heterocycles. The van der Waals surface area contributed by atoms with E-state index in [2.05, 4.69) is 5.32 Å². The minimum absolute atomic E-state index is 0.0120. The van der Waals surface area contributed by atoms with Crippen LogP contribution in [0.15, 0.2) is 24.3 Å². The number of nitrogens with one attached hydrogen (secondary N) is 1. The van der Waals surface area contributed by atoms with Crippen LogP contribution in [0.25, 0.3) is 0 Å². The third kappa shape index (κ3) is 3.00. The van der Waals surface area contributed by atoms with Crippen molar-refractivity contribution >= 4 is 0 Å². The molecule has 0 bridgehead atoms. The van der Waals surface area contributed by atoms with Crippen molar-refractivity contribution in [2.75, 3.05) is 6.54 Å². The molecule has 1 N–H and O–H groups in total. The summed E-state index contributed by atoms with van der Waals surface area (Å²) in [4.78, 5) is 0. The fraction of sp³-hybridized carbons (Fsp3) is 0.647. The van der Waals surface area contributed by atoms with Gasteiger partial charge in [-0.2, -0.15) is 0 Å². The lowest BCUT2D eigenvalue weighted by Gasteiger charge is -2.34. The maximum Gasteiger partial charge on any atom is 0.127 e. The maximum atomic E-state index is 14.3. The first kappa shape index (κ1) is 13.1. The fourth-order valence-corrected chi connectivity index (χ4v) is 3.47. The highest BCUT2D eigenvalue weighted by Crippen LogP contribution is 2.39.